The first-order chi connectivity index (χ1) is 12.6. The molecule has 1 aromatic rings. The molecule has 2 atom stereocenters. The zero-order chi connectivity index (χ0) is 20.6. The lowest BCUT2D eigenvalue weighted by Gasteiger charge is -2.21. The first kappa shape index (κ1) is 23.2. The predicted molar refractivity (Wildman–Crippen MR) is 103 cm³/mol. The molecule has 0 aromatic heterocycles. The number of urea groups is 1. The Labute approximate surface area is 163 Å². The molecule has 11 heteroatoms. The highest BCUT2D eigenvalue weighted by atomic mass is 35.5. The molecule has 1 fully saturated rings. The van der Waals surface area contributed by atoms with Crippen molar-refractivity contribution in [3.8, 4) is 0 Å². The highest BCUT2D eigenvalue weighted by Gasteiger charge is 2.34. The van der Waals surface area contributed by atoms with Gasteiger partial charge in [0, 0.05) is 20.0 Å². The Morgan fingerprint density at radius 2 is 2.04 bits per heavy atom. The second kappa shape index (κ2) is 10.5. The minimum atomic E-state index is -3.36. The number of carbonyl (C=O) groups excluding carboxylic acids is 1. The van der Waals surface area contributed by atoms with Crippen LogP contribution in [-0.4, -0.2) is 69.4 Å². The van der Waals surface area contributed by atoms with Crippen molar-refractivity contribution < 1.29 is 27.9 Å². The molecule has 3 N–H and O–H groups in total. The highest BCUT2D eigenvalue weighted by Crippen LogP contribution is 2.25. The van der Waals surface area contributed by atoms with Gasteiger partial charge in [0.25, 0.3) is 6.47 Å². The molecule has 2 rings (SSSR count). The molecule has 1 saturated heterocycles. The van der Waals surface area contributed by atoms with Crippen molar-refractivity contribution in [1.29, 1.82) is 0 Å². The van der Waals surface area contributed by atoms with Crippen LogP contribution in [0.5, 0.6) is 0 Å². The predicted octanol–water partition coefficient (Wildman–Crippen LogP) is 1.38. The molecule has 0 saturated carbocycles. The SMILES string of the molecule is Cc1cccc(Cl)c1NC(=O)N[C@H]1COC[C@H]1CS(=O)(=O)N(C)C.O=CO. The number of benzene rings is 1. The van der Waals surface area contributed by atoms with E-state index in [1.807, 2.05) is 13.0 Å². The molecule has 9 nitrogen and oxygen atoms in total. The Bertz CT molecular complexity index is 736. The van der Waals surface area contributed by atoms with E-state index in [2.05, 4.69) is 10.6 Å². The van der Waals surface area contributed by atoms with Crippen LogP contribution in [0.4, 0.5) is 10.5 Å². The quantitative estimate of drug-likeness (QED) is 0.617. The summed E-state index contributed by atoms with van der Waals surface area (Å²) in [5.41, 5.74) is 1.38. The van der Waals surface area contributed by atoms with Gasteiger partial charge in [-0.1, -0.05) is 23.7 Å². The Morgan fingerprint density at radius 3 is 2.59 bits per heavy atom. The summed E-state index contributed by atoms with van der Waals surface area (Å²) in [6, 6.07) is 4.52. The Morgan fingerprint density at radius 1 is 1.41 bits per heavy atom. The normalized spacial score (nSPS) is 19.1. The van der Waals surface area contributed by atoms with E-state index in [0.717, 1.165) is 5.56 Å². The number of para-hydroxylation sites is 1. The third kappa shape index (κ3) is 6.98. The summed E-state index contributed by atoms with van der Waals surface area (Å²) in [6.45, 7) is 2.16. The second-order valence-electron chi connectivity index (χ2n) is 6.10. The van der Waals surface area contributed by atoms with Gasteiger partial charge in [-0.2, -0.15) is 0 Å². The summed E-state index contributed by atoms with van der Waals surface area (Å²) < 4.78 is 30.6. The fraction of sp³-hybridized carbons (Fsp3) is 0.500. The number of anilines is 1. The van der Waals surface area contributed by atoms with E-state index in [-0.39, 0.29) is 30.8 Å². The molecule has 1 aliphatic heterocycles. The molecule has 1 heterocycles. The van der Waals surface area contributed by atoms with Gasteiger partial charge in [0.2, 0.25) is 10.0 Å². The zero-order valence-electron chi connectivity index (χ0n) is 15.3. The van der Waals surface area contributed by atoms with Gasteiger partial charge in [-0.25, -0.2) is 17.5 Å². The van der Waals surface area contributed by atoms with Crippen molar-refractivity contribution in [2.75, 3.05) is 38.4 Å². The number of halogens is 1. The number of ether oxygens (including phenoxy) is 1. The van der Waals surface area contributed by atoms with Crippen molar-refractivity contribution in [2.45, 2.75) is 13.0 Å². The van der Waals surface area contributed by atoms with E-state index in [0.29, 0.717) is 17.3 Å². The van der Waals surface area contributed by atoms with Crippen LogP contribution in [-0.2, 0) is 19.6 Å². The smallest absolute Gasteiger partial charge is 0.319 e. The van der Waals surface area contributed by atoms with Gasteiger partial charge >= 0.3 is 6.03 Å². The van der Waals surface area contributed by atoms with Gasteiger partial charge in [-0.05, 0) is 18.6 Å². The molecule has 152 valence electrons. The standard InChI is InChI=1S/C15H22ClN3O4S.CH2O2/c1-10-5-4-6-12(16)14(10)18-15(20)17-13-8-23-7-11(13)9-24(21,22)19(2)3;2-1-3/h4-6,11,13H,7-9H2,1-3H3,(H2,17,18,20);1H,(H,2,3)/t11-,13-;/m0./s1. The van der Waals surface area contributed by atoms with Crippen LogP contribution in [0.25, 0.3) is 0 Å². The number of amides is 2. The van der Waals surface area contributed by atoms with E-state index < -0.39 is 16.1 Å². The minimum absolute atomic E-state index is 0.0733. The van der Waals surface area contributed by atoms with Crippen LogP contribution in [0.2, 0.25) is 5.02 Å². The van der Waals surface area contributed by atoms with Crippen LogP contribution in [0, 0.1) is 12.8 Å². The number of nitrogens with zero attached hydrogens (tertiary/aromatic N) is 1. The third-order valence-corrected chi connectivity index (χ3v) is 6.23. The van der Waals surface area contributed by atoms with Gasteiger partial charge < -0.3 is 20.5 Å². The van der Waals surface area contributed by atoms with E-state index in [4.69, 9.17) is 26.2 Å². The molecule has 0 aliphatic carbocycles. The number of sulfonamides is 1. The molecule has 2 amide bonds. The maximum atomic E-state index is 12.2. The summed E-state index contributed by atoms with van der Waals surface area (Å²) in [7, 11) is -0.389. The fourth-order valence-electron chi connectivity index (χ4n) is 2.45. The highest BCUT2D eigenvalue weighted by molar-refractivity contribution is 7.89. The van der Waals surface area contributed by atoms with Crippen LogP contribution < -0.4 is 10.6 Å². The van der Waals surface area contributed by atoms with Crippen LogP contribution in [0.3, 0.4) is 0 Å². The lowest BCUT2D eigenvalue weighted by molar-refractivity contribution is -0.122. The summed E-state index contributed by atoms with van der Waals surface area (Å²) >= 11 is 6.09. The maximum absolute atomic E-state index is 12.2. The van der Waals surface area contributed by atoms with E-state index in [9.17, 15) is 13.2 Å². The topological polar surface area (TPSA) is 125 Å². The monoisotopic (exact) mass is 421 g/mol. The van der Waals surface area contributed by atoms with Gasteiger partial charge in [-0.3, -0.25) is 4.79 Å². The number of rotatable bonds is 5. The number of nitrogens with one attached hydrogen (secondary N) is 2. The number of hydrogen-bond acceptors (Lipinski definition) is 5. The average Bonchev–Trinajstić information content (AvgIpc) is 2.98. The minimum Gasteiger partial charge on any atom is -0.483 e. The fourth-order valence-corrected chi connectivity index (χ4v) is 3.89. The van der Waals surface area contributed by atoms with Crippen molar-refractivity contribution in [3.63, 3.8) is 0 Å². The van der Waals surface area contributed by atoms with Gasteiger partial charge in [0.05, 0.1) is 35.7 Å². The number of aryl methyl sites for hydroxylation is 1. The molecule has 0 bridgehead atoms. The number of hydrogen-bond donors (Lipinski definition) is 3. The molecule has 0 radical (unpaired) electrons. The molecular formula is C16H24ClN3O6S. The van der Waals surface area contributed by atoms with Crippen molar-refractivity contribution in [1.82, 2.24) is 9.62 Å². The molecule has 1 aliphatic rings. The molecule has 0 spiro atoms. The maximum Gasteiger partial charge on any atom is 0.319 e. The summed E-state index contributed by atoms with van der Waals surface area (Å²) in [4.78, 5) is 20.6. The first-order valence-electron chi connectivity index (χ1n) is 8.00. The molecule has 1 aromatic carbocycles. The Balaban J connectivity index is 0.00000114. The third-order valence-electron chi connectivity index (χ3n) is 3.96. The summed E-state index contributed by atoms with van der Waals surface area (Å²) in [5, 5.41) is 12.8. The summed E-state index contributed by atoms with van der Waals surface area (Å²) in [6.07, 6.45) is 0. The Kier molecular flexibility index (Phi) is 8.97. The van der Waals surface area contributed by atoms with Crippen LogP contribution in [0.1, 0.15) is 5.56 Å². The number of carbonyl (C=O) groups is 2. The van der Waals surface area contributed by atoms with Crippen molar-refractivity contribution in [2.24, 2.45) is 5.92 Å². The Hall–Kier alpha value is -1.88. The average molecular weight is 422 g/mol. The van der Waals surface area contributed by atoms with E-state index >= 15 is 0 Å². The van der Waals surface area contributed by atoms with E-state index in [1.54, 1.807) is 12.1 Å². The lowest BCUT2D eigenvalue weighted by atomic mass is 10.1. The lowest BCUT2D eigenvalue weighted by Crippen LogP contribution is -2.45. The molecular weight excluding hydrogens is 398 g/mol. The molecule has 27 heavy (non-hydrogen) atoms. The van der Waals surface area contributed by atoms with Gasteiger partial charge in [0.15, 0.2) is 0 Å². The van der Waals surface area contributed by atoms with Gasteiger partial charge in [-0.15, -0.1) is 0 Å². The zero-order valence-corrected chi connectivity index (χ0v) is 16.9. The largest absolute Gasteiger partial charge is 0.483 e. The first-order valence-corrected chi connectivity index (χ1v) is 9.99. The van der Waals surface area contributed by atoms with Crippen molar-refractivity contribution in [3.05, 3.63) is 28.8 Å². The van der Waals surface area contributed by atoms with Crippen LogP contribution >= 0.6 is 11.6 Å². The molecule has 0 unspecified atom stereocenters. The summed E-state index contributed by atoms with van der Waals surface area (Å²) in [5.74, 6) is -0.369. The second-order valence-corrected chi connectivity index (χ2v) is 8.74. The number of carboxylic acid groups (broad SMARTS) is 1. The van der Waals surface area contributed by atoms with Crippen molar-refractivity contribution >= 4 is 39.8 Å². The van der Waals surface area contributed by atoms with Crippen LogP contribution in [0.15, 0.2) is 18.2 Å². The van der Waals surface area contributed by atoms with E-state index in [1.165, 1.54) is 18.4 Å². The van der Waals surface area contributed by atoms with Gasteiger partial charge in [0.1, 0.15) is 0 Å².